The largest absolute Gasteiger partial charge is 0.480 e. The quantitative estimate of drug-likeness (QED) is 0.245. The van der Waals surface area contributed by atoms with E-state index in [0.717, 1.165) is 43.4 Å². The molecule has 4 aromatic heterocycles. The predicted molar refractivity (Wildman–Crippen MR) is 142 cm³/mol. The van der Waals surface area contributed by atoms with Gasteiger partial charge in [-0.3, -0.25) is 0 Å². The lowest BCUT2D eigenvalue weighted by Gasteiger charge is -2.13. The van der Waals surface area contributed by atoms with Crippen molar-refractivity contribution in [3.8, 4) is 67.3 Å². The van der Waals surface area contributed by atoms with Crippen LogP contribution in [0, 0.1) is 22.7 Å². The summed E-state index contributed by atoms with van der Waals surface area (Å²) in [6.07, 6.45) is 0. The molecule has 0 aliphatic carbocycles. The van der Waals surface area contributed by atoms with Crippen molar-refractivity contribution in [1.29, 1.82) is 10.5 Å². The van der Waals surface area contributed by atoms with Crippen LogP contribution < -0.4 is 9.47 Å². The molecule has 0 spiro atoms. The van der Waals surface area contributed by atoms with Crippen LogP contribution in [-0.2, 0) is 0 Å². The average molecular weight is 507 g/mol. The molecule has 0 amide bonds. The van der Waals surface area contributed by atoms with E-state index < -0.39 is 0 Å². The first-order valence-electron chi connectivity index (χ1n) is 10.8. The van der Waals surface area contributed by atoms with Crippen molar-refractivity contribution in [3.63, 3.8) is 0 Å². The molecule has 1 aromatic carbocycles. The van der Waals surface area contributed by atoms with Gasteiger partial charge in [0.1, 0.15) is 23.3 Å². The van der Waals surface area contributed by atoms with Crippen LogP contribution in [0.15, 0.2) is 71.4 Å². The van der Waals surface area contributed by atoms with E-state index in [9.17, 15) is 10.5 Å². The molecule has 0 N–H and O–H groups in total. The average Bonchev–Trinajstić information content (AvgIpc) is 3.67. The molecule has 0 saturated carbocycles. The van der Waals surface area contributed by atoms with Gasteiger partial charge in [-0.15, -0.1) is 22.7 Å². The van der Waals surface area contributed by atoms with Gasteiger partial charge < -0.3 is 9.47 Å². The summed E-state index contributed by atoms with van der Waals surface area (Å²) in [5.41, 5.74) is 5.36. The van der Waals surface area contributed by atoms with Crippen molar-refractivity contribution in [1.82, 2.24) is 9.97 Å². The maximum Gasteiger partial charge on any atom is 0.232 e. The number of methoxy groups -OCH3 is 2. The summed E-state index contributed by atoms with van der Waals surface area (Å²) in [5.74, 6) is 0.572. The molecule has 0 unspecified atom stereocenters. The molecule has 8 heteroatoms. The molecule has 0 aliphatic rings. The smallest absolute Gasteiger partial charge is 0.232 e. The molecule has 0 saturated heterocycles. The Morgan fingerprint density at radius 1 is 0.667 bits per heavy atom. The summed E-state index contributed by atoms with van der Waals surface area (Å²) in [6, 6.07) is 23.9. The van der Waals surface area contributed by atoms with Crippen LogP contribution in [0.3, 0.4) is 0 Å². The zero-order chi connectivity index (χ0) is 25.1. The number of pyridine rings is 2. The van der Waals surface area contributed by atoms with E-state index in [1.54, 1.807) is 22.7 Å². The Morgan fingerprint density at radius 2 is 1.08 bits per heavy atom. The molecule has 5 rings (SSSR count). The molecule has 36 heavy (non-hydrogen) atoms. The Bertz CT molecular complexity index is 1490. The van der Waals surface area contributed by atoms with Gasteiger partial charge in [0.2, 0.25) is 11.8 Å². The van der Waals surface area contributed by atoms with E-state index >= 15 is 0 Å². The Kier molecular flexibility index (Phi) is 6.46. The van der Waals surface area contributed by atoms with Crippen molar-refractivity contribution < 1.29 is 9.47 Å². The molecule has 0 radical (unpaired) electrons. The van der Waals surface area contributed by atoms with Crippen molar-refractivity contribution in [2.45, 2.75) is 0 Å². The van der Waals surface area contributed by atoms with Crippen molar-refractivity contribution in [3.05, 3.63) is 82.6 Å². The summed E-state index contributed by atoms with van der Waals surface area (Å²) in [5, 5.41) is 23.7. The highest BCUT2D eigenvalue weighted by Gasteiger charge is 2.19. The third-order valence-corrected chi connectivity index (χ3v) is 7.42. The Balaban J connectivity index is 1.63. The topological polar surface area (TPSA) is 91.8 Å². The second-order valence-electron chi connectivity index (χ2n) is 7.63. The van der Waals surface area contributed by atoms with E-state index in [0.29, 0.717) is 11.1 Å². The molecule has 6 nitrogen and oxygen atoms in total. The molecular weight excluding hydrogens is 488 g/mol. The SMILES string of the molecule is COc1nc(-c2cccs2)cc(-c2ccc(-c3cc(-c4cccs4)nc(OC)c3C#N)cc2)c1C#N. The van der Waals surface area contributed by atoms with Gasteiger partial charge in [0.05, 0.1) is 35.4 Å². The highest BCUT2D eigenvalue weighted by Crippen LogP contribution is 2.38. The monoisotopic (exact) mass is 506 g/mol. The first-order valence-corrected chi connectivity index (χ1v) is 12.6. The number of aromatic nitrogens is 2. The number of ether oxygens (including phenoxy) is 2. The third-order valence-electron chi connectivity index (χ3n) is 5.64. The van der Waals surface area contributed by atoms with Crippen LogP contribution in [0.4, 0.5) is 0 Å². The van der Waals surface area contributed by atoms with E-state index in [4.69, 9.17) is 9.47 Å². The minimum Gasteiger partial charge on any atom is -0.480 e. The lowest BCUT2D eigenvalue weighted by molar-refractivity contribution is 0.397. The minimum atomic E-state index is 0.286. The predicted octanol–water partition coefficient (Wildman–Crippen LogP) is 7.03. The van der Waals surface area contributed by atoms with Crippen LogP contribution in [0.5, 0.6) is 11.8 Å². The van der Waals surface area contributed by atoms with E-state index in [1.165, 1.54) is 14.2 Å². The zero-order valence-electron chi connectivity index (χ0n) is 19.4. The summed E-state index contributed by atoms with van der Waals surface area (Å²) in [7, 11) is 3.03. The third kappa shape index (κ3) is 4.20. The Hall–Kier alpha value is -4.50. The van der Waals surface area contributed by atoms with Gasteiger partial charge in [0.15, 0.2) is 0 Å². The number of rotatable bonds is 6. The highest BCUT2D eigenvalue weighted by molar-refractivity contribution is 7.13. The van der Waals surface area contributed by atoms with Gasteiger partial charge in [0.25, 0.3) is 0 Å². The number of hydrogen-bond donors (Lipinski definition) is 0. The number of thiophene rings is 2. The molecule has 0 bridgehead atoms. The molecule has 5 aromatic rings. The Labute approximate surface area is 216 Å². The molecule has 0 atom stereocenters. The van der Waals surface area contributed by atoms with E-state index in [1.807, 2.05) is 71.4 Å². The fourth-order valence-electron chi connectivity index (χ4n) is 3.94. The fourth-order valence-corrected chi connectivity index (χ4v) is 5.31. The van der Waals surface area contributed by atoms with Crippen LogP contribution in [-0.4, -0.2) is 24.2 Å². The van der Waals surface area contributed by atoms with Crippen molar-refractivity contribution >= 4 is 22.7 Å². The Morgan fingerprint density at radius 3 is 1.39 bits per heavy atom. The fraction of sp³-hybridized carbons (Fsp3) is 0.0714. The maximum absolute atomic E-state index is 9.87. The number of hydrogen-bond acceptors (Lipinski definition) is 8. The van der Waals surface area contributed by atoms with Crippen LogP contribution in [0.1, 0.15) is 11.1 Å². The second kappa shape index (κ2) is 10.0. The summed E-state index contributed by atoms with van der Waals surface area (Å²) < 4.78 is 10.9. The van der Waals surface area contributed by atoms with Crippen molar-refractivity contribution in [2.24, 2.45) is 0 Å². The van der Waals surface area contributed by atoms with Gasteiger partial charge in [-0.05, 0) is 46.2 Å². The first kappa shape index (κ1) is 23.3. The molecular formula is C28H18N4O2S2. The zero-order valence-corrected chi connectivity index (χ0v) is 21.0. The van der Waals surface area contributed by atoms with Gasteiger partial charge in [-0.1, -0.05) is 36.4 Å². The minimum absolute atomic E-state index is 0.286. The normalized spacial score (nSPS) is 10.4. The van der Waals surface area contributed by atoms with Crippen LogP contribution >= 0.6 is 22.7 Å². The summed E-state index contributed by atoms with van der Waals surface area (Å²) in [4.78, 5) is 11.1. The van der Waals surface area contributed by atoms with Gasteiger partial charge in [-0.25, -0.2) is 9.97 Å². The standard InChI is InChI=1S/C28H18N4O2S2/c1-33-27-21(15-29)19(13-23(31-27)25-5-3-11-35-25)17-7-9-18(10-8-17)20-14-24(26-6-4-12-36-26)32-28(34-2)22(20)16-30/h3-14H,1-2H3. The molecule has 4 heterocycles. The summed E-state index contributed by atoms with van der Waals surface area (Å²) >= 11 is 3.14. The highest BCUT2D eigenvalue weighted by atomic mass is 32.1. The van der Waals surface area contributed by atoms with E-state index in [2.05, 4.69) is 22.1 Å². The van der Waals surface area contributed by atoms with E-state index in [-0.39, 0.29) is 11.8 Å². The van der Waals surface area contributed by atoms with Crippen molar-refractivity contribution in [2.75, 3.05) is 14.2 Å². The number of nitriles is 2. The van der Waals surface area contributed by atoms with Crippen LogP contribution in [0.2, 0.25) is 0 Å². The number of benzene rings is 1. The lowest BCUT2D eigenvalue weighted by Crippen LogP contribution is -1.98. The molecule has 0 fully saturated rings. The first-order chi connectivity index (χ1) is 17.7. The number of nitrogens with zero attached hydrogens (tertiary/aromatic N) is 4. The second-order valence-corrected chi connectivity index (χ2v) is 9.53. The van der Waals surface area contributed by atoms with Gasteiger partial charge in [0, 0.05) is 11.1 Å². The van der Waals surface area contributed by atoms with Gasteiger partial charge in [-0.2, -0.15) is 10.5 Å². The molecule has 0 aliphatic heterocycles. The maximum atomic E-state index is 9.87. The van der Waals surface area contributed by atoms with Gasteiger partial charge >= 0.3 is 0 Å². The molecule has 174 valence electrons. The lowest BCUT2D eigenvalue weighted by atomic mass is 9.95. The summed E-state index contributed by atoms with van der Waals surface area (Å²) in [6.45, 7) is 0. The van der Waals surface area contributed by atoms with Crippen LogP contribution in [0.25, 0.3) is 43.4 Å².